The van der Waals surface area contributed by atoms with Crippen LogP contribution in [0, 0.1) is 0 Å². The Hall–Kier alpha value is -0.821. The Labute approximate surface area is 122 Å². The molecular formula is C16H23FeN. The van der Waals surface area contributed by atoms with Gasteiger partial charge in [0.25, 0.3) is 0 Å². The van der Waals surface area contributed by atoms with Gasteiger partial charge in [0.05, 0.1) is 0 Å². The van der Waals surface area contributed by atoms with Crippen molar-refractivity contribution in [1.82, 2.24) is 4.90 Å². The summed E-state index contributed by atoms with van der Waals surface area (Å²) < 4.78 is 0. The Bertz CT molecular complexity index is 371. The number of hydrogen-bond donors (Lipinski definition) is 0. The maximum absolute atomic E-state index is 2.20. The molecule has 1 nitrogen and oxygen atoms in total. The first kappa shape index (κ1) is 17.2. The van der Waals surface area contributed by atoms with Gasteiger partial charge in [0.1, 0.15) is 0 Å². The largest absolute Gasteiger partial charge is 2.00 e. The Balaban J connectivity index is 0.000000306. The molecule has 0 spiro atoms. The van der Waals surface area contributed by atoms with Crippen molar-refractivity contribution in [2.45, 2.75) is 26.3 Å². The third-order valence-electron chi connectivity index (χ3n) is 2.59. The standard InChI is InChI=1S/C8H12N.C8H11.Fe/c1-9(2)7-8-5-3-4-6-8;1-7(2)8-5-3-4-6-8;/h3-6H,7H2,1-2H3;3-7H,1-2H3;/q2*-1;+2. The van der Waals surface area contributed by atoms with Gasteiger partial charge < -0.3 is 4.90 Å². The first-order chi connectivity index (χ1) is 8.09. The first-order valence-electron chi connectivity index (χ1n) is 6.16. The van der Waals surface area contributed by atoms with Gasteiger partial charge in [-0.05, 0) is 20.6 Å². The summed E-state index contributed by atoms with van der Waals surface area (Å²) in [7, 11) is 4.15. The average Bonchev–Trinajstić information content (AvgIpc) is 2.87. The van der Waals surface area contributed by atoms with E-state index in [9.17, 15) is 0 Å². The van der Waals surface area contributed by atoms with E-state index in [0.717, 1.165) is 6.54 Å². The molecule has 0 aliphatic carbocycles. The van der Waals surface area contributed by atoms with Crippen molar-refractivity contribution in [1.29, 1.82) is 0 Å². The predicted molar refractivity (Wildman–Crippen MR) is 75.6 cm³/mol. The van der Waals surface area contributed by atoms with Gasteiger partial charge in [0.2, 0.25) is 0 Å². The Morgan fingerprint density at radius 2 is 1.33 bits per heavy atom. The maximum Gasteiger partial charge on any atom is 2.00 e. The minimum atomic E-state index is 0. The molecule has 0 aliphatic heterocycles. The van der Waals surface area contributed by atoms with Crippen molar-refractivity contribution < 1.29 is 17.1 Å². The number of nitrogens with zero attached hydrogens (tertiary/aromatic N) is 1. The van der Waals surface area contributed by atoms with Gasteiger partial charge >= 0.3 is 17.1 Å². The molecule has 0 saturated carbocycles. The smallest absolute Gasteiger partial charge is 0.316 e. The van der Waals surface area contributed by atoms with Crippen molar-refractivity contribution in [3.05, 3.63) is 59.7 Å². The van der Waals surface area contributed by atoms with Crippen molar-refractivity contribution in [3.63, 3.8) is 0 Å². The third-order valence-corrected chi connectivity index (χ3v) is 2.59. The van der Waals surface area contributed by atoms with Gasteiger partial charge in [-0.25, -0.2) is 24.3 Å². The molecule has 2 aromatic rings. The molecule has 2 rings (SSSR count). The molecule has 2 heteroatoms. The molecule has 18 heavy (non-hydrogen) atoms. The average molecular weight is 285 g/mol. The fourth-order valence-corrected chi connectivity index (χ4v) is 1.66. The summed E-state index contributed by atoms with van der Waals surface area (Å²) in [5, 5.41) is 0. The van der Waals surface area contributed by atoms with E-state index in [4.69, 9.17) is 0 Å². The van der Waals surface area contributed by atoms with E-state index in [0.29, 0.717) is 5.92 Å². The Morgan fingerprint density at radius 3 is 1.67 bits per heavy atom. The van der Waals surface area contributed by atoms with Crippen LogP contribution in [0.15, 0.2) is 48.5 Å². The summed E-state index contributed by atoms with van der Waals surface area (Å²) in [5.74, 6) is 0.685. The van der Waals surface area contributed by atoms with E-state index in [2.05, 4.69) is 81.4 Å². The molecule has 0 heterocycles. The number of rotatable bonds is 3. The van der Waals surface area contributed by atoms with E-state index in [1.807, 2.05) is 0 Å². The second-order valence-electron chi connectivity index (χ2n) is 4.90. The summed E-state index contributed by atoms with van der Waals surface area (Å²) in [4.78, 5) is 2.16. The molecule has 0 aliphatic rings. The quantitative estimate of drug-likeness (QED) is 0.608. The topological polar surface area (TPSA) is 3.24 Å². The van der Waals surface area contributed by atoms with Crippen molar-refractivity contribution in [2.75, 3.05) is 14.1 Å². The summed E-state index contributed by atoms with van der Waals surface area (Å²) in [6.45, 7) is 5.46. The van der Waals surface area contributed by atoms with Crippen LogP contribution in [0.25, 0.3) is 0 Å². The summed E-state index contributed by atoms with van der Waals surface area (Å²) in [6, 6.07) is 16.9. The second-order valence-corrected chi connectivity index (χ2v) is 4.90. The van der Waals surface area contributed by atoms with Crippen LogP contribution in [0.2, 0.25) is 0 Å². The molecule has 0 atom stereocenters. The molecule has 0 fully saturated rings. The fraction of sp³-hybridized carbons (Fsp3) is 0.375. The van der Waals surface area contributed by atoms with Crippen LogP contribution in [0.5, 0.6) is 0 Å². The van der Waals surface area contributed by atoms with Gasteiger partial charge in [-0.1, -0.05) is 19.8 Å². The molecule has 0 radical (unpaired) electrons. The number of hydrogen-bond acceptors (Lipinski definition) is 1. The molecule has 0 aromatic heterocycles. The van der Waals surface area contributed by atoms with Gasteiger partial charge in [0.15, 0.2) is 0 Å². The summed E-state index contributed by atoms with van der Waals surface area (Å²) in [6.07, 6.45) is 0. The van der Waals surface area contributed by atoms with Crippen LogP contribution < -0.4 is 0 Å². The summed E-state index contributed by atoms with van der Waals surface area (Å²) >= 11 is 0. The second kappa shape index (κ2) is 9.16. The monoisotopic (exact) mass is 285 g/mol. The van der Waals surface area contributed by atoms with E-state index >= 15 is 0 Å². The molecule has 100 valence electrons. The van der Waals surface area contributed by atoms with Crippen LogP contribution in [0.4, 0.5) is 0 Å². The van der Waals surface area contributed by atoms with E-state index < -0.39 is 0 Å². The Kier molecular flexibility index (Phi) is 8.74. The molecule has 0 N–H and O–H groups in total. The molecule has 2 aromatic carbocycles. The maximum atomic E-state index is 2.20. The van der Waals surface area contributed by atoms with Crippen LogP contribution >= 0.6 is 0 Å². The third kappa shape index (κ3) is 6.80. The van der Waals surface area contributed by atoms with Crippen LogP contribution in [-0.4, -0.2) is 19.0 Å². The van der Waals surface area contributed by atoms with Crippen LogP contribution in [0.1, 0.15) is 30.9 Å². The molecule has 0 amide bonds. The van der Waals surface area contributed by atoms with Gasteiger partial charge in [-0.3, -0.25) is 0 Å². The first-order valence-corrected chi connectivity index (χ1v) is 6.16. The normalized spacial score (nSPS) is 9.89. The van der Waals surface area contributed by atoms with Crippen molar-refractivity contribution in [3.8, 4) is 0 Å². The SMILES string of the molecule is CC(C)[c-]1cccc1.CN(C)C[c-]1cccc1.[Fe+2]. The molecular weight excluding hydrogens is 262 g/mol. The van der Waals surface area contributed by atoms with Gasteiger partial charge in [-0.2, -0.15) is 29.8 Å². The summed E-state index contributed by atoms with van der Waals surface area (Å²) in [5.41, 5.74) is 2.82. The van der Waals surface area contributed by atoms with Crippen LogP contribution in [-0.2, 0) is 23.6 Å². The van der Waals surface area contributed by atoms with E-state index in [1.165, 1.54) is 11.1 Å². The van der Waals surface area contributed by atoms with E-state index in [1.54, 1.807) is 0 Å². The zero-order chi connectivity index (χ0) is 12.7. The Morgan fingerprint density at radius 1 is 0.889 bits per heavy atom. The minimum absolute atomic E-state index is 0. The fourth-order valence-electron chi connectivity index (χ4n) is 1.66. The molecule has 0 unspecified atom stereocenters. The van der Waals surface area contributed by atoms with E-state index in [-0.39, 0.29) is 17.1 Å². The predicted octanol–water partition coefficient (Wildman–Crippen LogP) is 3.99. The zero-order valence-electron chi connectivity index (χ0n) is 11.7. The van der Waals surface area contributed by atoms with Crippen molar-refractivity contribution >= 4 is 0 Å². The van der Waals surface area contributed by atoms with Gasteiger partial charge in [0, 0.05) is 0 Å². The molecule has 0 saturated heterocycles. The van der Waals surface area contributed by atoms with Crippen molar-refractivity contribution in [2.24, 2.45) is 0 Å². The van der Waals surface area contributed by atoms with Gasteiger partial charge in [-0.15, -0.1) is 5.56 Å². The van der Waals surface area contributed by atoms with Crippen LogP contribution in [0.3, 0.4) is 0 Å². The minimum Gasteiger partial charge on any atom is -0.316 e. The zero-order valence-corrected chi connectivity index (χ0v) is 12.8. The molecule has 0 bridgehead atoms.